The Morgan fingerprint density at radius 3 is 2.18 bits per heavy atom. The summed E-state index contributed by atoms with van der Waals surface area (Å²) in [6.07, 6.45) is -1.28. The van der Waals surface area contributed by atoms with E-state index in [0.29, 0.717) is 0 Å². The zero-order chi connectivity index (χ0) is 17.1. The van der Waals surface area contributed by atoms with Crippen molar-refractivity contribution < 1.29 is 29.0 Å². The van der Waals surface area contributed by atoms with E-state index in [4.69, 9.17) is 9.47 Å². The van der Waals surface area contributed by atoms with Gasteiger partial charge in [-0.25, -0.2) is 14.4 Å². The molecule has 1 heterocycles. The fraction of sp³-hybridized carbons (Fsp3) is 0.786. The second-order valence-electron chi connectivity index (χ2n) is 6.19. The quantitative estimate of drug-likeness (QED) is 0.830. The lowest BCUT2D eigenvalue weighted by Crippen LogP contribution is -2.63. The van der Waals surface area contributed by atoms with Crippen LogP contribution in [-0.4, -0.2) is 70.4 Å². The maximum absolute atomic E-state index is 12.2. The molecule has 0 aromatic rings. The van der Waals surface area contributed by atoms with Crippen LogP contribution in [0.5, 0.6) is 0 Å². The van der Waals surface area contributed by atoms with Crippen LogP contribution in [0.4, 0.5) is 9.59 Å². The van der Waals surface area contributed by atoms with Gasteiger partial charge in [-0.1, -0.05) is 0 Å². The highest BCUT2D eigenvalue weighted by atomic mass is 16.6. The third kappa shape index (κ3) is 4.51. The summed E-state index contributed by atoms with van der Waals surface area (Å²) < 4.78 is 10.2. The lowest BCUT2D eigenvalue weighted by Gasteiger charge is -2.42. The molecule has 0 radical (unpaired) electrons. The number of carbonyl (C=O) groups excluding carboxylic acids is 2. The highest BCUT2D eigenvalue weighted by molar-refractivity contribution is 5.82. The van der Waals surface area contributed by atoms with E-state index < -0.39 is 29.8 Å². The monoisotopic (exact) mass is 316 g/mol. The Kier molecular flexibility index (Phi) is 5.62. The van der Waals surface area contributed by atoms with Crippen LogP contribution in [0, 0.1) is 0 Å². The largest absolute Gasteiger partial charge is 0.480 e. The highest BCUT2D eigenvalue weighted by Crippen LogP contribution is 2.20. The lowest BCUT2D eigenvalue weighted by molar-refractivity contribution is -0.145. The lowest BCUT2D eigenvalue weighted by atomic mass is 10.1. The van der Waals surface area contributed by atoms with Gasteiger partial charge in [0.25, 0.3) is 0 Å². The molecule has 22 heavy (non-hydrogen) atoms. The molecule has 0 bridgehead atoms. The third-order valence-electron chi connectivity index (χ3n) is 3.15. The number of hydrogen-bond donors (Lipinski definition) is 1. The number of rotatable bonds is 2. The number of ether oxygens (including phenoxy) is 2. The van der Waals surface area contributed by atoms with Gasteiger partial charge in [-0.2, -0.15) is 0 Å². The first-order valence-corrected chi connectivity index (χ1v) is 7.22. The summed E-state index contributed by atoms with van der Waals surface area (Å²) in [7, 11) is 0. The predicted octanol–water partition coefficient (Wildman–Crippen LogP) is 1.54. The van der Waals surface area contributed by atoms with Crippen molar-refractivity contribution >= 4 is 18.2 Å². The number of carboxylic acid groups (broad SMARTS) is 1. The SMILES string of the molecule is CCOC(=O)N1CC(C)N(C(=O)OC(C)(C)C)CC1C(=O)O. The zero-order valence-electron chi connectivity index (χ0n) is 13.7. The van der Waals surface area contributed by atoms with Gasteiger partial charge in [-0.15, -0.1) is 0 Å². The number of aliphatic carboxylic acids is 1. The van der Waals surface area contributed by atoms with Gasteiger partial charge >= 0.3 is 18.2 Å². The summed E-state index contributed by atoms with van der Waals surface area (Å²) in [6.45, 7) is 8.69. The Balaban J connectivity index is 2.89. The molecule has 8 nitrogen and oxygen atoms in total. The van der Waals surface area contributed by atoms with E-state index in [-0.39, 0.29) is 25.7 Å². The Morgan fingerprint density at radius 1 is 1.14 bits per heavy atom. The summed E-state index contributed by atoms with van der Waals surface area (Å²) in [6, 6.07) is -1.52. The van der Waals surface area contributed by atoms with E-state index in [9.17, 15) is 19.5 Å². The van der Waals surface area contributed by atoms with E-state index in [2.05, 4.69) is 0 Å². The summed E-state index contributed by atoms with van der Waals surface area (Å²) >= 11 is 0. The Labute approximate surface area is 130 Å². The summed E-state index contributed by atoms with van der Waals surface area (Å²) in [4.78, 5) is 37.9. The van der Waals surface area contributed by atoms with Gasteiger partial charge in [-0.3, -0.25) is 4.90 Å². The van der Waals surface area contributed by atoms with Crippen LogP contribution in [0.3, 0.4) is 0 Å². The van der Waals surface area contributed by atoms with E-state index in [1.54, 1.807) is 34.6 Å². The van der Waals surface area contributed by atoms with Crippen molar-refractivity contribution in [1.29, 1.82) is 0 Å². The molecule has 0 aromatic carbocycles. The van der Waals surface area contributed by atoms with Gasteiger partial charge in [0.1, 0.15) is 5.60 Å². The van der Waals surface area contributed by atoms with Crippen LogP contribution in [-0.2, 0) is 14.3 Å². The summed E-state index contributed by atoms with van der Waals surface area (Å²) in [5, 5.41) is 9.32. The van der Waals surface area contributed by atoms with Gasteiger partial charge < -0.3 is 19.5 Å². The van der Waals surface area contributed by atoms with Gasteiger partial charge in [0.15, 0.2) is 6.04 Å². The molecule has 8 heteroatoms. The molecule has 0 spiro atoms. The number of nitrogens with zero attached hydrogens (tertiary/aromatic N) is 2. The van der Waals surface area contributed by atoms with Crippen molar-refractivity contribution in [3.63, 3.8) is 0 Å². The number of carbonyl (C=O) groups is 3. The minimum atomic E-state index is -1.19. The molecule has 1 fully saturated rings. The average molecular weight is 316 g/mol. The molecule has 1 aliphatic rings. The van der Waals surface area contributed by atoms with Crippen LogP contribution >= 0.6 is 0 Å². The van der Waals surface area contributed by atoms with Crippen molar-refractivity contribution in [2.24, 2.45) is 0 Å². The molecule has 0 aliphatic carbocycles. The Bertz CT molecular complexity index is 445. The number of piperazine rings is 1. The highest BCUT2D eigenvalue weighted by Gasteiger charge is 2.42. The molecular formula is C14H24N2O6. The van der Waals surface area contributed by atoms with Crippen LogP contribution < -0.4 is 0 Å². The molecule has 126 valence electrons. The van der Waals surface area contributed by atoms with Crippen LogP contribution in [0.15, 0.2) is 0 Å². The van der Waals surface area contributed by atoms with Crippen LogP contribution in [0.1, 0.15) is 34.6 Å². The second-order valence-corrected chi connectivity index (χ2v) is 6.19. The first-order valence-electron chi connectivity index (χ1n) is 7.22. The molecule has 1 rings (SSSR count). The topological polar surface area (TPSA) is 96.4 Å². The zero-order valence-corrected chi connectivity index (χ0v) is 13.7. The van der Waals surface area contributed by atoms with Gasteiger partial charge in [0, 0.05) is 6.54 Å². The maximum atomic E-state index is 12.2. The van der Waals surface area contributed by atoms with Crippen LogP contribution in [0.2, 0.25) is 0 Å². The van der Waals surface area contributed by atoms with E-state index in [0.717, 1.165) is 4.90 Å². The van der Waals surface area contributed by atoms with Crippen molar-refractivity contribution in [2.75, 3.05) is 19.7 Å². The number of amides is 2. The smallest absolute Gasteiger partial charge is 0.410 e. The van der Waals surface area contributed by atoms with Crippen molar-refractivity contribution in [1.82, 2.24) is 9.80 Å². The van der Waals surface area contributed by atoms with Gasteiger partial charge in [0.2, 0.25) is 0 Å². The molecular weight excluding hydrogens is 292 g/mol. The van der Waals surface area contributed by atoms with Crippen molar-refractivity contribution in [3.05, 3.63) is 0 Å². The molecule has 1 N–H and O–H groups in total. The first kappa shape index (κ1) is 18.1. The third-order valence-corrected chi connectivity index (χ3v) is 3.15. The standard InChI is InChI=1S/C14H24N2O6/c1-6-21-12(19)16-7-9(2)15(8-10(16)11(17)18)13(20)22-14(3,4)5/h9-10H,6-8H2,1-5H3,(H,17,18). The van der Waals surface area contributed by atoms with Crippen molar-refractivity contribution in [3.8, 4) is 0 Å². The number of carboxylic acids is 1. The minimum absolute atomic E-state index is 0.0784. The molecule has 0 aromatic heterocycles. The Morgan fingerprint density at radius 2 is 1.73 bits per heavy atom. The fourth-order valence-corrected chi connectivity index (χ4v) is 2.17. The first-order chi connectivity index (χ1) is 10.1. The van der Waals surface area contributed by atoms with E-state index in [1.807, 2.05) is 0 Å². The summed E-state index contributed by atoms with van der Waals surface area (Å²) in [5.41, 5.74) is -0.673. The molecule has 2 unspecified atom stereocenters. The molecule has 2 atom stereocenters. The van der Waals surface area contributed by atoms with Crippen molar-refractivity contribution in [2.45, 2.75) is 52.3 Å². The minimum Gasteiger partial charge on any atom is -0.480 e. The molecule has 2 amide bonds. The molecule has 1 saturated heterocycles. The second kappa shape index (κ2) is 6.85. The van der Waals surface area contributed by atoms with Gasteiger partial charge in [0.05, 0.1) is 19.2 Å². The van der Waals surface area contributed by atoms with Crippen LogP contribution in [0.25, 0.3) is 0 Å². The van der Waals surface area contributed by atoms with E-state index in [1.165, 1.54) is 4.90 Å². The number of hydrogen-bond acceptors (Lipinski definition) is 5. The molecule has 1 aliphatic heterocycles. The normalized spacial score (nSPS) is 22.2. The average Bonchev–Trinajstić information content (AvgIpc) is 2.35. The van der Waals surface area contributed by atoms with Gasteiger partial charge in [-0.05, 0) is 34.6 Å². The maximum Gasteiger partial charge on any atom is 0.410 e. The van der Waals surface area contributed by atoms with E-state index >= 15 is 0 Å². The molecule has 0 saturated carbocycles. The Hall–Kier alpha value is -1.99. The fourth-order valence-electron chi connectivity index (χ4n) is 2.17. The predicted molar refractivity (Wildman–Crippen MR) is 77.6 cm³/mol. The summed E-state index contributed by atoms with van der Waals surface area (Å²) in [5.74, 6) is -1.19.